The number of imidazole rings is 1. The van der Waals surface area contributed by atoms with Gasteiger partial charge in [-0.25, -0.2) is 0 Å². The second-order valence-corrected chi connectivity index (χ2v) is 6.54. The Hall–Kier alpha value is -1.17. The molecule has 0 spiro atoms. The summed E-state index contributed by atoms with van der Waals surface area (Å²) in [6.07, 6.45) is 2.02. The summed E-state index contributed by atoms with van der Waals surface area (Å²) >= 11 is 12.3. The van der Waals surface area contributed by atoms with Gasteiger partial charge >= 0.3 is 0 Å². The van der Waals surface area contributed by atoms with Crippen LogP contribution in [0.15, 0.2) is 63.7 Å². The highest BCUT2D eigenvalue weighted by molar-refractivity contribution is 9.10. The minimum absolute atomic E-state index is 0.685. The molecule has 0 amide bonds. The summed E-state index contributed by atoms with van der Waals surface area (Å²) in [5.41, 5.74) is 3.15. The van der Waals surface area contributed by atoms with Crippen molar-refractivity contribution in [3.8, 4) is 16.9 Å². The number of benzene rings is 2. The number of halogens is 2. The largest absolute Gasteiger partial charge is 0.330 e. The molecule has 3 aromatic rings. The topological polar surface area (TPSA) is 20.7 Å². The maximum Gasteiger partial charge on any atom is 0.182 e. The number of hydrogen-bond donors (Lipinski definition) is 1. The third-order valence-electron chi connectivity index (χ3n) is 2.98. The lowest BCUT2D eigenvalue weighted by Crippen LogP contribution is -1.90. The van der Waals surface area contributed by atoms with Gasteiger partial charge in [-0.1, -0.05) is 44.0 Å². The van der Waals surface area contributed by atoms with Gasteiger partial charge in [-0.15, -0.1) is 0 Å². The van der Waals surface area contributed by atoms with Crippen LogP contribution in [0.2, 0.25) is 0 Å². The van der Waals surface area contributed by atoms with E-state index in [4.69, 9.17) is 12.2 Å². The molecule has 0 aliphatic rings. The van der Waals surface area contributed by atoms with Crippen LogP contribution < -0.4 is 0 Å². The Kier molecular flexibility index (Phi) is 3.92. The SMILES string of the molecule is S=c1[nH]c(-c2ccc(Br)cc2)cn1-c1ccc(Br)cc1. The van der Waals surface area contributed by atoms with Crippen LogP contribution in [0.5, 0.6) is 0 Å². The van der Waals surface area contributed by atoms with Crippen LogP contribution in [0.3, 0.4) is 0 Å². The van der Waals surface area contributed by atoms with Crippen molar-refractivity contribution < 1.29 is 0 Å². The van der Waals surface area contributed by atoms with Gasteiger partial charge in [0, 0.05) is 20.8 Å². The molecule has 0 saturated heterocycles. The van der Waals surface area contributed by atoms with Crippen molar-refractivity contribution in [2.75, 3.05) is 0 Å². The number of aromatic nitrogens is 2. The summed E-state index contributed by atoms with van der Waals surface area (Å²) in [6.45, 7) is 0. The minimum Gasteiger partial charge on any atom is -0.330 e. The molecule has 1 N–H and O–H groups in total. The molecule has 1 aromatic heterocycles. The smallest absolute Gasteiger partial charge is 0.182 e. The molecule has 5 heteroatoms. The van der Waals surface area contributed by atoms with E-state index in [9.17, 15) is 0 Å². The molecule has 2 aromatic carbocycles. The van der Waals surface area contributed by atoms with E-state index in [1.165, 1.54) is 0 Å². The van der Waals surface area contributed by atoms with Crippen LogP contribution in [0.4, 0.5) is 0 Å². The standard InChI is InChI=1S/C15H10Br2N2S/c16-11-3-1-10(2-4-11)14-9-19(15(20)18-14)13-7-5-12(17)6-8-13/h1-9H,(H,18,20). The first kappa shape index (κ1) is 13.8. The van der Waals surface area contributed by atoms with Crippen molar-refractivity contribution in [3.05, 3.63) is 68.4 Å². The summed E-state index contributed by atoms with van der Waals surface area (Å²) in [6, 6.07) is 16.2. The molecule has 100 valence electrons. The maximum atomic E-state index is 5.40. The fourth-order valence-corrected chi connectivity index (χ4v) is 2.76. The van der Waals surface area contributed by atoms with Gasteiger partial charge in [-0.3, -0.25) is 4.57 Å². The minimum atomic E-state index is 0.685. The molecule has 2 nitrogen and oxygen atoms in total. The average molecular weight is 410 g/mol. The molecule has 0 saturated carbocycles. The first-order valence-electron chi connectivity index (χ1n) is 5.97. The van der Waals surface area contributed by atoms with Gasteiger partial charge in [0.2, 0.25) is 0 Å². The Bertz CT molecular complexity index is 786. The number of nitrogens with one attached hydrogen (secondary N) is 1. The van der Waals surface area contributed by atoms with E-state index in [0.29, 0.717) is 4.77 Å². The van der Waals surface area contributed by atoms with E-state index in [0.717, 1.165) is 25.9 Å². The zero-order chi connectivity index (χ0) is 14.1. The van der Waals surface area contributed by atoms with Crippen molar-refractivity contribution in [2.45, 2.75) is 0 Å². The molecule has 0 bridgehead atoms. The second-order valence-electron chi connectivity index (χ2n) is 4.33. The molecular weight excluding hydrogens is 400 g/mol. The van der Waals surface area contributed by atoms with Crippen LogP contribution in [0.25, 0.3) is 16.9 Å². The molecule has 0 radical (unpaired) electrons. The number of H-pyrrole nitrogens is 1. The van der Waals surface area contributed by atoms with Crippen LogP contribution in [-0.2, 0) is 0 Å². The second kappa shape index (κ2) is 5.68. The number of aromatic amines is 1. The van der Waals surface area contributed by atoms with E-state index < -0.39 is 0 Å². The fourth-order valence-electron chi connectivity index (χ4n) is 1.97. The molecule has 1 heterocycles. The van der Waals surface area contributed by atoms with Crippen molar-refractivity contribution in [1.29, 1.82) is 0 Å². The third kappa shape index (κ3) is 2.80. The summed E-state index contributed by atoms with van der Waals surface area (Å²) in [7, 11) is 0. The van der Waals surface area contributed by atoms with Gasteiger partial charge in [0.05, 0.1) is 5.69 Å². The first-order chi connectivity index (χ1) is 9.63. The summed E-state index contributed by atoms with van der Waals surface area (Å²) in [5.74, 6) is 0. The monoisotopic (exact) mass is 408 g/mol. The van der Waals surface area contributed by atoms with E-state index >= 15 is 0 Å². The number of nitrogens with zero attached hydrogens (tertiary/aromatic N) is 1. The zero-order valence-electron chi connectivity index (χ0n) is 10.3. The molecule has 0 atom stereocenters. The maximum absolute atomic E-state index is 5.40. The highest BCUT2D eigenvalue weighted by Crippen LogP contribution is 2.22. The van der Waals surface area contributed by atoms with Crippen LogP contribution in [0.1, 0.15) is 0 Å². The van der Waals surface area contributed by atoms with Crippen molar-refractivity contribution in [3.63, 3.8) is 0 Å². The van der Waals surface area contributed by atoms with Gasteiger partial charge in [0.25, 0.3) is 0 Å². The quantitative estimate of drug-likeness (QED) is 0.536. The Labute approximate surface area is 138 Å². The molecule has 0 aliphatic carbocycles. The van der Waals surface area contributed by atoms with E-state index in [-0.39, 0.29) is 0 Å². The third-order valence-corrected chi connectivity index (χ3v) is 4.33. The highest BCUT2D eigenvalue weighted by atomic mass is 79.9. The Balaban J connectivity index is 2.05. The van der Waals surface area contributed by atoms with Crippen LogP contribution in [0, 0.1) is 4.77 Å². The lowest BCUT2D eigenvalue weighted by atomic mass is 10.2. The predicted octanol–water partition coefficient (Wildman–Crippen LogP) is 5.73. The summed E-state index contributed by atoms with van der Waals surface area (Å²) in [4.78, 5) is 3.24. The number of hydrogen-bond acceptors (Lipinski definition) is 1. The highest BCUT2D eigenvalue weighted by Gasteiger charge is 2.05. The number of rotatable bonds is 2. The van der Waals surface area contributed by atoms with Gasteiger partial charge in [0.15, 0.2) is 4.77 Å². The van der Waals surface area contributed by atoms with Crippen molar-refractivity contribution in [1.82, 2.24) is 9.55 Å². The molecule has 0 fully saturated rings. The van der Waals surface area contributed by atoms with Crippen molar-refractivity contribution in [2.24, 2.45) is 0 Å². The van der Waals surface area contributed by atoms with E-state index in [1.54, 1.807) is 0 Å². The summed E-state index contributed by atoms with van der Waals surface area (Å²) in [5, 5.41) is 0. The zero-order valence-corrected chi connectivity index (χ0v) is 14.3. The lowest BCUT2D eigenvalue weighted by molar-refractivity contribution is 1.03. The molecule has 0 aliphatic heterocycles. The Morgan fingerprint density at radius 1 is 0.850 bits per heavy atom. The van der Waals surface area contributed by atoms with Gasteiger partial charge in [-0.2, -0.15) is 0 Å². The van der Waals surface area contributed by atoms with Crippen LogP contribution >= 0.6 is 44.1 Å². The summed E-state index contributed by atoms with van der Waals surface area (Å²) < 4.78 is 4.77. The lowest BCUT2D eigenvalue weighted by Gasteiger charge is -2.01. The predicted molar refractivity (Wildman–Crippen MR) is 91.8 cm³/mol. The van der Waals surface area contributed by atoms with E-state index in [2.05, 4.69) is 49.0 Å². The Morgan fingerprint density at radius 3 is 2.00 bits per heavy atom. The molecule has 3 rings (SSSR count). The van der Waals surface area contributed by atoms with Gasteiger partial charge < -0.3 is 4.98 Å². The normalized spacial score (nSPS) is 10.7. The van der Waals surface area contributed by atoms with Crippen molar-refractivity contribution >= 4 is 44.1 Å². The molecule has 20 heavy (non-hydrogen) atoms. The van der Waals surface area contributed by atoms with Gasteiger partial charge in [0.1, 0.15) is 0 Å². The van der Waals surface area contributed by atoms with Gasteiger partial charge in [-0.05, 0) is 54.2 Å². The Morgan fingerprint density at radius 2 is 1.40 bits per heavy atom. The first-order valence-corrected chi connectivity index (χ1v) is 7.96. The fraction of sp³-hybridized carbons (Fsp3) is 0. The van der Waals surface area contributed by atoms with Crippen LogP contribution in [-0.4, -0.2) is 9.55 Å². The molecular formula is C15H10Br2N2S. The average Bonchev–Trinajstić information content (AvgIpc) is 2.82. The van der Waals surface area contributed by atoms with E-state index in [1.807, 2.05) is 47.2 Å². The molecule has 0 unspecified atom stereocenters.